The van der Waals surface area contributed by atoms with E-state index in [9.17, 15) is 19.2 Å². The molecule has 2 aromatic carbocycles. The van der Waals surface area contributed by atoms with Crippen LogP contribution in [0.3, 0.4) is 0 Å². The van der Waals surface area contributed by atoms with Crippen molar-refractivity contribution >= 4 is 23.6 Å². The van der Waals surface area contributed by atoms with Crippen LogP contribution in [0.5, 0.6) is 0 Å². The van der Waals surface area contributed by atoms with E-state index < -0.39 is 34.8 Å². The van der Waals surface area contributed by atoms with Crippen molar-refractivity contribution < 1.29 is 19.2 Å². The van der Waals surface area contributed by atoms with Crippen LogP contribution in [-0.2, 0) is 0 Å². The summed E-state index contributed by atoms with van der Waals surface area (Å²) in [4.78, 5) is 47.2. The first kappa shape index (κ1) is 16.7. The number of primary amides is 4. The van der Waals surface area contributed by atoms with Gasteiger partial charge in [-0.05, 0) is 17.2 Å². The lowest BCUT2D eigenvalue weighted by atomic mass is 9.87. The van der Waals surface area contributed by atoms with Crippen LogP contribution in [0.25, 0.3) is 11.1 Å². The minimum atomic E-state index is -1.13. The lowest BCUT2D eigenvalue weighted by Crippen LogP contribution is -2.30. The molecule has 8 N–H and O–H groups in total. The Morgan fingerprint density at radius 1 is 0.625 bits per heavy atom. The molecule has 0 aromatic heterocycles. The maximum absolute atomic E-state index is 11.9. The van der Waals surface area contributed by atoms with Gasteiger partial charge in [0.05, 0.1) is 22.3 Å². The van der Waals surface area contributed by atoms with Crippen LogP contribution in [0.1, 0.15) is 41.4 Å². The molecular weight excluding hydrogens is 312 g/mol. The van der Waals surface area contributed by atoms with E-state index in [0.29, 0.717) is 5.56 Å². The van der Waals surface area contributed by atoms with Gasteiger partial charge < -0.3 is 22.9 Å². The molecule has 122 valence electrons. The van der Waals surface area contributed by atoms with Gasteiger partial charge >= 0.3 is 0 Å². The average molecular weight is 326 g/mol. The van der Waals surface area contributed by atoms with E-state index in [1.807, 2.05) is 0 Å². The Morgan fingerprint density at radius 2 is 1.12 bits per heavy atom. The second-order valence-corrected chi connectivity index (χ2v) is 4.92. The maximum atomic E-state index is 11.9. The first-order chi connectivity index (χ1) is 11.3. The zero-order valence-corrected chi connectivity index (χ0v) is 12.4. The van der Waals surface area contributed by atoms with Gasteiger partial charge in [0.25, 0.3) is 0 Å². The van der Waals surface area contributed by atoms with E-state index in [0.717, 1.165) is 0 Å². The molecule has 0 saturated heterocycles. The molecule has 0 aliphatic rings. The van der Waals surface area contributed by atoms with Crippen LogP contribution >= 0.6 is 0 Å². The minimum absolute atomic E-state index is 0.149. The van der Waals surface area contributed by atoms with Gasteiger partial charge in [-0.15, -0.1) is 0 Å². The van der Waals surface area contributed by atoms with Crippen molar-refractivity contribution in [1.29, 1.82) is 0 Å². The van der Waals surface area contributed by atoms with Crippen molar-refractivity contribution in [2.24, 2.45) is 22.9 Å². The third kappa shape index (κ3) is 2.80. The first-order valence-electron chi connectivity index (χ1n) is 6.71. The number of carbonyl (C=O) groups excluding carboxylic acids is 4. The molecule has 0 bridgehead atoms. The monoisotopic (exact) mass is 326 g/mol. The zero-order valence-electron chi connectivity index (χ0n) is 12.4. The average Bonchev–Trinajstić information content (AvgIpc) is 2.53. The lowest BCUT2D eigenvalue weighted by molar-refractivity contribution is 0.0945. The van der Waals surface area contributed by atoms with Crippen molar-refractivity contribution in [3.8, 4) is 11.1 Å². The fraction of sp³-hybridized carbons (Fsp3) is 0. The summed E-state index contributed by atoms with van der Waals surface area (Å²) in [5, 5.41) is 0. The molecule has 0 fully saturated rings. The Labute approximate surface area is 136 Å². The van der Waals surface area contributed by atoms with Gasteiger partial charge in [0.1, 0.15) is 0 Å². The van der Waals surface area contributed by atoms with Crippen LogP contribution in [0, 0.1) is 0 Å². The molecule has 8 nitrogen and oxygen atoms in total. The number of nitrogens with two attached hydrogens (primary N) is 4. The fourth-order valence-electron chi connectivity index (χ4n) is 2.48. The SMILES string of the molecule is NC(=O)c1cc(-c2ccccc2)c(C(N)=O)c(C(N)=O)c1C(N)=O. The molecule has 24 heavy (non-hydrogen) atoms. The van der Waals surface area contributed by atoms with Crippen molar-refractivity contribution in [2.75, 3.05) is 0 Å². The third-order valence-electron chi connectivity index (χ3n) is 3.42. The second kappa shape index (κ2) is 6.21. The number of carbonyl (C=O) groups is 4. The highest BCUT2D eigenvalue weighted by Crippen LogP contribution is 2.31. The van der Waals surface area contributed by atoms with Gasteiger partial charge in [-0.2, -0.15) is 0 Å². The Balaban J connectivity index is 3.06. The van der Waals surface area contributed by atoms with Gasteiger partial charge in [0.2, 0.25) is 23.6 Å². The third-order valence-corrected chi connectivity index (χ3v) is 3.42. The van der Waals surface area contributed by atoms with Gasteiger partial charge in [-0.1, -0.05) is 30.3 Å². The van der Waals surface area contributed by atoms with Crippen LogP contribution in [0.4, 0.5) is 0 Å². The van der Waals surface area contributed by atoms with Crippen LogP contribution in [0.15, 0.2) is 36.4 Å². The molecule has 0 aliphatic carbocycles. The van der Waals surface area contributed by atoms with E-state index in [1.165, 1.54) is 6.07 Å². The molecule has 2 rings (SSSR count). The Morgan fingerprint density at radius 3 is 1.54 bits per heavy atom. The predicted octanol–water partition coefficient (Wildman–Crippen LogP) is -0.251. The van der Waals surface area contributed by atoms with Crippen molar-refractivity contribution in [1.82, 2.24) is 0 Å². The molecule has 8 heteroatoms. The molecule has 0 radical (unpaired) electrons. The van der Waals surface area contributed by atoms with E-state index in [4.69, 9.17) is 22.9 Å². The maximum Gasteiger partial charge on any atom is 0.250 e. The van der Waals surface area contributed by atoms with Gasteiger partial charge in [-0.25, -0.2) is 0 Å². The summed E-state index contributed by atoms with van der Waals surface area (Å²) < 4.78 is 0. The normalized spacial score (nSPS) is 10.2. The summed E-state index contributed by atoms with van der Waals surface area (Å²) in [7, 11) is 0. The van der Waals surface area contributed by atoms with Crippen LogP contribution in [0.2, 0.25) is 0 Å². The summed E-state index contributed by atoms with van der Waals surface area (Å²) in [6.07, 6.45) is 0. The van der Waals surface area contributed by atoms with Crippen LogP contribution < -0.4 is 22.9 Å². The number of benzene rings is 2. The summed E-state index contributed by atoms with van der Waals surface area (Å²) in [5.41, 5.74) is 20.2. The highest BCUT2D eigenvalue weighted by Gasteiger charge is 2.29. The molecule has 0 saturated carbocycles. The zero-order chi connectivity index (χ0) is 18.0. The smallest absolute Gasteiger partial charge is 0.250 e. The van der Waals surface area contributed by atoms with Crippen molar-refractivity contribution in [2.45, 2.75) is 0 Å². The molecule has 0 atom stereocenters. The van der Waals surface area contributed by atoms with Crippen molar-refractivity contribution in [3.05, 3.63) is 58.7 Å². The lowest BCUT2D eigenvalue weighted by Gasteiger charge is -2.16. The van der Waals surface area contributed by atoms with Crippen LogP contribution in [-0.4, -0.2) is 23.6 Å². The standard InChI is InChI=1S/C16H14N4O4/c17-13(21)9-6-8(7-4-2-1-3-5-7)10(14(18)22)12(16(20)24)11(9)15(19)23/h1-6H,(H2,17,21)(H2,18,22)(H2,19,23)(H2,20,24). The summed E-state index contributed by atoms with van der Waals surface area (Å²) in [5.74, 6) is -4.25. The highest BCUT2D eigenvalue weighted by molar-refractivity contribution is 6.20. The number of hydrogen-bond donors (Lipinski definition) is 4. The fourth-order valence-corrected chi connectivity index (χ4v) is 2.48. The Hall–Kier alpha value is -3.68. The number of rotatable bonds is 5. The Kier molecular flexibility index (Phi) is 4.32. The van der Waals surface area contributed by atoms with E-state index in [-0.39, 0.29) is 16.7 Å². The largest absolute Gasteiger partial charge is 0.366 e. The van der Waals surface area contributed by atoms with Crippen molar-refractivity contribution in [3.63, 3.8) is 0 Å². The molecule has 0 spiro atoms. The summed E-state index contributed by atoms with van der Waals surface area (Å²) >= 11 is 0. The van der Waals surface area contributed by atoms with E-state index in [2.05, 4.69) is 0 Å². The van der Waals surface area contributed by atoms with E-state index >= 15 is 0 Å². The summed E-state index contributed by atoms with van der Waals surface area (Å²) in [6.45, 7) is 0. The molecule has 2 aromatic rings. The topological polar surface area (TPSA) is 172 Å². The molecular formula is C16H14N4O4. The molecule has 0 aliphatic heterocycles. The van der Waals surface area contributed by atoms with E-state index in [1.54, 1.807) is 30.3 Å². The van der Waals surface area contributed by atoms with Gasteiger partial charge in [0.15, 0.2) is 0 Å². The van der Waals surface area contributed by atoms with Gasteiger partial charge in [-0.3, -0.25) is 19.2 Å². The minimum Gasteiger partial charge on any atom is -0.366 e. The second-order valence-electron chi connectivity index (χ2n) is 4.92. The quantitative estimate of drug-likeness (QED) is 0.593. The Bertz CT molecular complexity index is 875. The van der Waals surface area contributed by atoms with Gasteiger partial charge in [0, 0.05) is 0 Å². The molecule has 0 unspecified atom stereocenters. The molecule has 0 heterocycles. The number of amides is 4. The summed E-state index contributed by atoms with van der Waals surface area (Å²) in [6, 6.07) is 9.54. The first-order valence-corrected chi connectivity index (χ1v) is 6.71. The number of hydrogen-bond acceptors (Lipinski definition) is 4. The molecule has 4 amide bonds. The predicted molar refractivity (Wildman–Crippen MR) is 85.9 cm³/mol. The highest BCUT2D eigenvalue weighted by atomic mass is 16.2.